The second kappa shape index (κ2) is 7.25. The van der Waals surface area contributed by atoms with Gasteiger partial charge in [-0.15, -0.1) is 0 Å². The lowest BCUT2D eigenvalue weighted by molar-refractivity contribution is 0.408. The van der Waals surface area contributed by atoms with E-state index in [4.69, 9.17) is 35.4 Å². The third-order valence-electron chi connectivity index (χ3n) is 2.44. The fourth-order valence-corrected chi connectivity index (χ4v) is 1.72. The standard InChI is InChI=1S/C14H19Cl2N3S/c1-9(10-5-6-11(15)12(16)7-10)18-19-13(20)17-8-14(2,3)4/h5-7H,8H2,1-4H3,(H2,17,19,20)/b18-9+. The minimum Gasteiger partial charge on any atom is -0.361 e. The number of nitrogens with zero attached hydrogens (tertiary/aromatic N) is 1. The molecule has 0 unspecified atom stereocenters. The van der Waals surface area contributed by atoms with Crippen molar-refractivity contribution >= 4 is 46.2 Å². The van der Waals surface area contributed by atoms with Gasteiger partial charge in [-0.2, -0.15) is 5.10 Å². The minimum absolute atomic E-state index is 0.161. The molecule has 0 aliphatic rings. The molecule has 0 radical (unpaired) electrons. The number of hydrogen-bond donors (Lipinski definition) is 2. The molecule has 0 spiro atoms. The van der Waals surface area contributed by atoms with E-state index in [0.717, 1.165) is 17.8 Å². The Kier molecular flexibility index (Phi) is 6.24. The van der Waals surface area contributed by atoms with Crippen LogP contribution in [0.4, 0.5) is 0 Å². The maximum atomic E-state index is 5.98. The van der Waals surface area contributed by atoms with Crippen LogP contribution in [0.1, 0.15) is 33.3 Å². The van der Waals surface area contributed by atoms with Crippen LogP contribution in [0.15, 0.2) is 23.3 Å². The fraction of sp³-hybridized carbons (Fsp3) is 0.429. The van der Waals surface area contributed by atoms with Crippen LogP contribution in [-0.2, 0) is 0 Å². The predicted octanol–water partition coefficient (Wildman–Crippen LogP) is 4.23. The molecule has 3 nitrogen and oxygen atoms in total. The molecule has 0 aliphatic heterocycles. The normalized spacial score (nSPS) is 12.2. The lowest BCUT2D eigenvalue weighted by Gasteiger charge is -2.19. The van der Waals surface area contributed by atoms with Crippen LogP contribution in [0, 0.1) is 5.41 Å². The van der Waals surface area contributed by atoms with Crippen LogP contribution in [0.5, 0.6) is 0 Å². The molecule has 110 valence electrons. The molecule has 6 heteroatoms. The third-order valence-corrected chi connectivity index (χ3v) is 3.42. The van der Waals surface area contributed by atoms with Crippen molar-refractivity contribution in [3.05, 3.63) is 33.8 Å². The first-order valence-electron chi connectivity index (χ1n) is 6.22. The van der Waals surface area contributed by atoms with Crippen LogP contribution in [-0.4, -0.2) is 17.4 Å². The molecule has 20 heavy (non-hydrogen) atoms. The van der Waals surface area contributed by atoms with Gasteiger partial charge >= 0.3 is 0 Å². The first-order valence-corrected chi connectivity index (χ1v) is 7.39. The number of halogens is 2. The summed E-state index contributed by atoms with van der Waals surface area (Å²) in [4.78, 5) is 0. The summed E-state index contributed by atoms with van der Waals surface area (Å²) in [6, 6.07) is 5.38. The summed E-state index contributed by atoms with van der Waals surface area (Å²) in [7, 11) is 0. The summed E-state index contributed by atoms with van der Waals surface area (Å²) in [5, 5.41) is 8.88. The molecule has 1 aromatic rings. The topological polar surface area (TPSA) is 36.4 Å². The third kappa shape index (κ3) is 6.07. The molecule has 0 heterocycles. The Morgan fingerprint density at radius 1 is 1.25 bits per heavy atom. The highest BCUT2D eigenvalue weighted by molar-refractivity contribution is 7.80. The van der Waals surface area contributed by atoms with E-state index >= 15 is 0 Å². The number of hydrogen-bond acceptors (Lipinski definition) is 2. The molecule has 0 atom stereocenters. The quantitative estimate of drug-likeness (QED) is 0.494. The van der Waals surface area contributed by atoms with Gasteiger partial charge in [-0.3, -0.25) is 5.43 Å². The molecule has 0 saturated carbocycles. The molecule has 0 aromatic heterocycles. The second-order valence-corrected chi connectivity index (χ2v) is 6.90. The molecule has 2 N–H and O–H groups in total. The van der Waals surface area contributed by atoms with Crippen LogP contribution >= 0.6 is 35.4 Å². The van der Waals surface area contributed by atoms with E-state index in [0.29, 0.717) is 15.2 Å². The summed E-state index contributed by atoms with van der Waals surface area (Å²) >= 11 is 17.0. The van der Waals surface area contributed by atoms with Gasteiger partial charge in [0.05, 0.1) is 15.8 Å². The van der Waals surface area contributed by atoms with E-state index in [1.54, 1.807) is 12.1 Å². The molecule has 0 saturated heterocycles. The van der Waals surface area contributed by atoms with Crippen molar-refractivity contribution in [3.8, 4) is 0 Å². The van der Waals surface area contributed by atoms with Gasteiger partial charge in [-0.05, 0) is 42.3 Å². The zero-order chi connectivity index (χ0) is 15.3. The van der Waals surface area contributed by atoms with Crippen LogP contribution in [0.3, 0.4) is 0 Å². The Hall–Kier alpha value is -0.840. The van der Waals surface area contributed by atoms with Crippen molar-refractivity contribution in [3.63, 3.8) is 0 Å². The molecular formula is C14H19Cl2N3S. The SMILES string of the molecule is C/C(=N\NC(=S)NCC(C)(C)C)c1ccc(Cl)c(Cl)c1. The van der Waals surface area contributed by atoms with Gasteiger partial charge in [0, 0.05) is 6.54 Å². The first-order chi connectivity index (χ1) is 9.19. The zero-order valence-corrected chi connectivity index (χ0v) is 14.4. The van der Waals surface area contributed by atoms with Gasteiger partial charge in [0.25, 0.3) is 0 Å². The molecule has 1 rings (SSSR count). The predicted molar refractivity (Wildman–Crippen MR) is 91.9 cm³/mol. The number of benzene rings is 1. The molecule has 0 fully saturated rings. The highest BCUT2D eigenvalue weighted by atomic mass is 35.5. The van der Waals surface area contributed by atoms with E-state index in [2.05, 4.69) is 36.6 Å². The van der Waals surface area contributed by atoms with Gasteiger partial charge in [0.15, 0.2) is 5.11 Å². The van der Waals surface area contributed by atoms with Crippen molar-refractivity contribution in [2.75, 3.05) is 6.54 Å². The Bertz CT molecular complexity index is 522. The average Bonchev–Trinajstić information content (AvgIpc) is 2.36. The van der Waals surface area contributed by atoms with Crippen LogP contribution in [0.25, 0.3) is 0 Å². The number of rotatable bonds is 3. The van der Waals surface area contributed by atoms with Crippen molar-refractivity contribution < 1.29 is 0 Å². The molecular weight excluding hydrogens is 313 g/mol. The molecule has 0 aliphatic carbocycles. The van der Waals surface area contributed by atoms with Gasteiger partial charge in [-0.25, -0.2) is 0 Å². The van der Waals surface area contributed by atoms with Gasteiger partial charge in [0.2, 0.25) is 0 Å². The van der Waals surface area contributed by atoms with Crippen molar-refractivity contribution in [2.45, 2.75) is 27.7 Å². The minimum atomic E-state index is 0.161. The highest BCUT2D eigenvalue weighted by Gasteiger charge is 2.10. The van der Waals surface area contributed by atoms with Crippen LogP contribution < -0.4 is 10.7 Å². The Morgan fingerprint density at radius 3 is 2.45 bits per heavy atom. The van der Waals surface area contributed by atoms with E-state index in [1.807, 2.05) is 13.0 Å². The lowest BCUT2D eigenvalue weighted by Crippen LogP contribution is -2.37. The maximum absolute atomic E-state index is 5.98. The summed E-state index contributed by atoms with van der Waals surface area (Å²) in [5.41, 5.74) is 4.66. The largest absolute Gasteiger partial charge is 0.361 e. The zero-order valence-electron chi connectivity index (χ0n) is 12.1. The lowest BCUT2D eigenvalue weighted by atomic mass is 9.97. The Balaban J connectivity index is 2.61. The first kappa shape index (κ1) is 17.2. The number of thiocarbonyl (C=S) groups is 1. The Morgan fingerprint density at radius 2 is 1.90 bits per heavy atom. The van der Waals surface area contributed by atoms with E-state index in [-0.39, 0.29) is 5.41 Å². The molecule has 0 amide bonds. The van der Waals surface area contributed by atoms with E-state index in [9.17, 15) is 0 Å². The molecule has 1 aromatic carbocycles. The molecule has 0 bridgehead atoms. The van der Waals surface area contributed by atoms with Gasteiger partial charge in [0.1, 0.15) is 0 Å². The van der Waals surface area contributed by atoms with Gasteiger partial charge in [-0.1, -0.05) is 50.0 Å². The van der Waals surface area contributed by atoms with E-state index < -0.39 is 0 Å². The monoisotopic (exact) mass is 331 g/mol. The average molecular weight is 332 g/mol. The van der Waals surface area contributed by atoms with Crippen LogP contribution in [0.2, 0.25) is 10.0 Å². The fourth-order valence-electron chi connectivity index (χ4n) is 1.31. The van der Waals surface area contributed by atoms with E-state index in [1.165, 1.54) is 0 Å². The van der Waals surface area contributed by atoms with Crippen molar-refractivity contribution in [1.82, 2.24) is 10.7 Å². The van der Waals surface area contributed by atoms with Gasteiger partial charge < -0.3 is 5.32 Å². The summed E-state index contributed by atoms with van der Waals surface area (Å²) in [6.07, 6.45) is 0. The summed E-state index contributed by atoms with van der Waals surface area (Å²) < 4.78 is 0. The number of hydrazone groups is 1. The number of nitrogens with one attached hydrogen (secondary N) is 2. The smallest absolute Gasteiger partial charge is 0.186 e. The maximum Gasteiger partial charge on any atom is 0.186 e. The second-order valence-electron chi connectivity index (χ2n) is 5.68. The Labute approximate surface area is 135 Å². The van der Waals surface area contributed by atoms with Crippen molar-refractivity contribution in [1.29, 1.82) is 0 Å². The van der Waals surface area contributed by atoms with Crippen molar-refractivity contribution in [2.24, 2.45) is 10.5 Å². The summed E-state index contributed by atoms with van der Waals surface area (Å²) in [6.45, 7) is 9.05. The highest BCUT2D eigenvalue weighted by Crippen LogP contribution is 2.22. The summed E-state index contributed by atoms with van der Waals surface area (Å²) in [5.74, 6) is 0.